The molecule has 0 spiro atoms. The second-order valence-electron chi connectivity index (χ2n) is 11.7. The van der Waals surface area contributed by atoms with Gasteiger partial charge in [0.25, 0.3) is 0 Å². The van der Waals surface area contributed by atoms with Gasteiger partial charge in [-0.3, -0.25) is 0 Å². The van der Waals surface area contributed by atoms with Gasteiger partial charge < -0.3 is 14.3 Å². The molecule has 2 atom stereocenters. The van der Waals surface area contributed by atoms with E-state index in [1.165, 1.54) is 0 Å². The van der Waals surface area contributed by atoms with Crippen LogP contribution in [0.1, 0.15) is 59.5 Å². The zero-order valence-corrected chi connectivity index (χ0v) is 25.9. The Labute approximate surface area is 253 Å². The third-order valence-electron chi connectivity index (χ3n) is 9.36. The van der Waals surface area contributed by atoms with Gasteiger partial charge in [0.2, 0.25) is 11.4 Å². The quantitative estimate of drug-likeness (QED) is 0.118. The SMILES string of the molecule is O=P(c1ccccc1)(c1ccccc1)[C@H]1CCCc2cc3c([n+]([O-])c21)[C@@H](P(=O)(c1ccccc1)c1ccccc1)CCC3. The summed E-state index contributed by atoms with van der Waals surface area (Å²) in [7, 11) is -6.52. The van der Waals surface area contributed by atoms with Gasteiger partial charge in [-0.25, -0.2) is 0 Å². The van der Waals surface area contributed by atoms with E-state index in [0.29, 0.717) is 24.2 Å². The Bertz CT molecular complexity index is 1620. The molecule has 0 unspecified atom stereocenters. The molecule has 0 saturated heterocycles. The molecule has 2 aliphatic rings. The fraction of sp³-hybridized carbons (Fsp3) is 0.216. The van der Waals surface area contributed by atoms with Gasteiger partial charge in [0.05, 0.1) is 0 Å². The van der Waals surface area contributed by atoms with Crippen molar-refractivity contribution in [1.82, 2.24) is 0 Å². The molecule has 7 rings (SSSR count). The van der Waals surface area contributed by atoms with Crippen LogP contribution in [0.2, 0.25) is 0 Å². The van der Waals surface area contributed by atoms with E-state index < -0.39 is 25.6 Å². The molecule has 0 bridgehead atoms. The van der Waals surface area contributed by atoms with Gasteiger partial charge in [-0.15, -0.1) is 0 Å². The van der Waals surface area contributed by atoms with Crippen molar-refractivity contribution in [3.05, 3.63) is 155 Å². The van der Waals surface area contributed by atoms with Gasteiger partial charge in [-0.1, -0.05) is 121 Å². The zero-order valence-electron chi connectivity index (χ0n) is 24.1. The van der Waals surface area contributed by atoms with E-state index in [9.17, 15) is 5.21 Å². The van der Waals surface area contributed by atoms with E-state index in [4.69, 9.17) is 0 Å². The molecule has 1 aromatic heterocycles. The van der Waals surface area contributed by atoms with Crippen LogP contribution in [0.25, 0.3) is 0 Å². The average Bonchev–Trinajstić information content (AvgIpc) is 3.08. The summed E-state index contributed by atoms with van der Waals surface area (Å²) >= 11 is 0. The summed E-state index contributed by atoms with van der Waals surface area (Å²) in [6, 6.07) is 40.9. The normalized spacial score (nSPS) is 18.4. The van der Waals surface area contributed by atoms with Crippen LogP contribution >= 0.6 is 14.3 Å². The van der Waals surface area contributed by atoms with Crippen molar-refractivity contribution in [1.29, 1.82) is 0 Å². The number of rotatable bonds is 6. The Hall–Kier alpha value is -3.71. The van der Waals surface area contributed by atoms with Crippen molar-refractivity contribution in [3.63, 3.8) is 0 Å². The molecule has 216 valence electrons. The summed E-state index contributed by atoms with van der Waals surface area (Å²) in [5, 5.41) is 18.1. The highest BCUT2D eigenvalue weighted by Gasteiger charge is 2.49. The van der Waals surface area contributed by atoms with Gasteiger partial charge in [0, 0.05) is 32.3 Å². The molecule has 0 fully saturated rings. The first kappa shape index (κ1) is 28.1. The monoisotopic (exact) mass is 603 g/mol. The van der Waals surface area contributed by atoms with Crippen LogP contribution < -0.4 is 25.9 Å². The Morgan fingerprint density at radius 2 is 0.814 bits per heavy atom. The van der Waals surface area contributed by atoms with Crippen molar-refractivity contribution < 1.29 is 13.9 Å². The maximum absolute atomic E-state index is 15.6. The lowest BCUT2D eigenvalue weighted by molar-refractivity contribution is -0.624. The molecule has 4 aromatic carbocycles. The molecule has 5 aromatic rings. The van der Waals surface area contributed by atoms with Crippen LogP contribution in [0.3, 0.4) is 0 Å². The molecule has 0 saturated carbocycles. The molecular formula is C37H35NO3P2. The molecule has 1 heterocycles. The molecule has 6 heteroatoms. The Morgan fingerprint density at radius 3 is 1.12 bits per heavy atom. The van der Waals surface area contributed by atoms with Gasteiger partial charge in [-0.05, 0) is 44.6 Å². The molecule has 0 amide bonds. The molecule has 0 aliphatic heterocycles. The summed E-state index contributed by atoms with van der Waals surface area (Å²) in [6.45, 7) is 0. The lowest BCUT2D eigenvalue weighted by atomic mass is 9.88. The maximum Gasteiger partial charge on any atom is 0.207 e. The van der Waals surface area contributed by atoms with Crippen LogP contribution in [0.5, 0.6) is 0 Å². The number of aryl methyl sites for hydroxylation is 2. The predicted molar refractivity (Wildman–Crippen MR) is 176 cm³/mol. The second-order valence-corrected chi connectivity index (χ2v) is 17.7. The first-order valence-electron chi connectivity index (χ1n) is 15.2. The van der Waals surface area contributed by atoms with Gasteiger partial charge in [0.1, 0.15) is 11.3 Å². The molecular weight excluding hydrogens is 568 g/mol. The van der Waals surface area contributed by atoms with E-state index in [2.05, 4.69) is 6.07 Å². The number of aromatic nitrogens is 1. The minimum atomic E-state index is -3.26. The highest BCUT2D eigenvalue weighted by atomic mass is 31.2. The predicted octanol–water partition coefficient (Wildman–Crippen LogP) is 7.10. The molecule has 0 radical (unpaired) electrons. The van der Waals surface area contributed by atoms with Crippen molar-refractivity contribution in [3.8, 4) is 0 Å². The number of fused-ring (bicyclic) bond motifs is 2. The summed E-state index contributed by atoms with van der Waals surface area (Å²) in [4.78, 5) is 0. The van der Waals surface area contributed by atoms with Crippen molar-refractivity contribution in [2.75, 3.05) is 0 Å². The van der Waals surface area contributed by atoms with E-state index in [-0.39, 0.29) is 0 Å². The number of hydrogen-bond acceptors (Lipinski definition) is 3. The van der Waals surface area contributed by atoms with Crippen molar-refractivity contribution in [2.45, 2.75) is 49.8 Å². The summed E-state index contributed by atoms with van der Waals surface area (Å²) in [6.07, 6.45) is 4.63. The second kappa shape index (κ2) is 11.4. The van der Waals surface area contributed by atoms with Gasteiger partial charge in [-0.2, -0.15) is 4.73 Å². The van der Waals surface area contributed by atoms with E-state index in [0.717, 1.165) is 62.8 Å². The first-order chi connectivity index (χ1) is 21.0. The van der Waals surface area contributed by atoms with Gasteiger partial charge >= 0.3 is 0 Å². The summed E-state index contributed by atoms with van der Waals surface area (Å²) < 4.78 is 32.2. The van der Waals surface area contributed by atoms with Crippen LogP contribution in [0.4, 0.5) is 0 Å². The molecule has 0 N–H and O–H groups in total. The van der Waals surface area contributed by atoms with E-state index in [1.807, 2.05) is 121 Å². The van der Waals surface area contributed by atoms with E-state index >= 15 is 9.13 Å². The Kier molecular flexibility index (Phi) is 7.46. The number of hydrogen-bond donors (Lipinski definition) is 0. The van der Waals surface area contributed by atoms with E-state index in [1.54, 1.807) is 0 Å². The third kappa shape index (κ3) is 4.64. The smallest absolute Gasteiger partial charge is 0.207 e. The Balaban J connectivity index is 1.47. The number of nitrogens with zero attached hydrogens (tertiary/aromatic N) is 1. The number of benzene rings is 4. The number of pyridine rings is 1. The third-order valence-corrected chi connectivity index (χ3v) is 16.4. The van der Waals surface area contributed by atoms with Crippen molar-refractivity contribution in [2.24, 2.45) is 0 Å². The maximum atomic E-state index is 15.6. The average molecular weight is 604 g/mol. The molecule has 43 heavy (non-hydrogen) atoms. The van der Waals surface area contributed by atoms with Crippen LogP contribution in [0.15, 0.2) is 127 Å². The summed E-state index contributed by atoms with van der Waals surface area (Å²) in [5.74, 6) is 0. The van der Waals surface area contributed by atoms with Gasteiger partial charge in [0.15, 0.2) is 14.3 Å². The molecule has 4 nitrogen and oxygen atoms in total. The topological polar surface area (TPSA) is 61.1 Å². The minimum absolute atomic E-state index is 0.459. The lowest BCUT2D eigenvalue weighted by Gasteiger charge is -2.36. The lowest BCUT2D eigenvalue weighted by Crippen LogP contribution is -2.45. The molecule has 2 aliphatic carbocycles. The highest BCUT2D eigenvalue weighted by Crippen LogP contribution is 2.63. The Morgan fingerprint density at radius 1 is 0.512 bits per heavy atom. The zero-order chi connectivity index (χ0) is 29.4. The van der Waals surface area contributed by atoms with Crippen LogP contribution in [0, 0.1) is 5.21 Å². The first-order valence-corrected chi connectivity index (χ1v) is 18.8. The fourth-order valence-electron chi connectivity index (χ4n) is 7.42. The minimum Gasteiger partial charge on any atom is -0.618 e. The fourth-order valence-corrected chi connectivity index (χ4v) is 14.2. The highest BCUT2D eigenvalue weighted by molar-refractivity contribution is 7.79. The standard InChI is InChI=1S/C37H35NO3P2/c39-38-36-28(15-13-25-34(36)42(40,30-17-5-1-6-18-30)31-19-7-2-8-20-31)27-29-16-14-26-35(37(29)38)43(41,32-21-9-3-10-22-32)33-23-11-4-12-24-33/h1-12,17-24,27,34-35H,13-16,25-26H2/t34-,35-/m0/s1. The van der Waals surface area contributed by atoms with Crippen LogP contribution in [-0.2, 0) is 22.0 Å². The largest absolute Gasteiger partial charge is 0.618 e. The van der Waals surface area contributed by atoms with Crippen molar-refractivity contribution >= 4 is 35.5 Å². The van der Waals surface area contributed by atoms with Crippen LogP contribution in [-0.4, -0.2) is 0 Å². The summed E-state index contributed by atoms with van der Waals surface area (Å²) in [5.41, 5.74) is 2.29.